The highest BCUT2D eigenvalue weighted by Crippen LogP contribution is 2.17. The van der Waals surface area contributed by atoms with E-state index in [0.29, 0.717) is 0 Å². The summed E-state index contributed by atoms with van der Waals surface area (Å²) in [7, 11) is 0. The molecule has 0 bridgehead atoms. The SMILES string of the molecule is C.C.C1=CCC=C1.C1=CCC=C1.C1=Cc2ccccc2C1.CC.CC.CC.CC.CC.CC.CC.CCC.CCC.CCC.CCC.CCC.CCc1ccccc1.c1ccc(Cc2ccccc2)cc1.c1ccc2ccccc2c1. The molecule has 6 aromatic rings. The quantitative estimate of drug-likeness (QED) is 0.166. The van der Waals surface area contributed by atoms with Crippen molar-refractivity contribution >= 4 is 16.8 Å². The Morgan fingerprint density at radius 1 is 0.272 bits per heavy atom. The third-order valence-electron chi connectivity index (χ3n) is 8.00. The van der Waals surface area contributed by atoms with E-state index < -0.39 is 0 Å². The first-order valence-electron chi connectivity index (χ1n) is 31.8. The van der Waals surface area contributed by atoms with E-state index in [1.165, 1.54) is 70.7 Å². The van der Waals surface area contributed by atoms with Crippen LogP contribution in [0.15, 0.2) is 218 Å². The number of rotatable bonds is 3. The molecule has 3 aliphatic rings. The lowest BCUT2D eigenvalue weighted by atomic mass is 10.1. The number of hydrogen-bond donors (Lipinski definition) is 0. The van der Waals surface area contributed by atoms with Gasteiger partial charge < -0.3 is 0 Å². The maximum absolute atomic E-state index is 2.20. The predicted octanol–water partition coefficient (Wildman–Crippen LogP) is 29.2. The summed E-state index contributed by atoms with van der Waals surface area (Å²) >= 11 is 0. The normalized spacial score (nSPS) is 9.05. The molecule has 0 spiro atoms. The molecule has 0 N–H and O–H groups in total. The van der Waals surface area contributed by atoms with Crippen LogP contribution in [0.4, 0.5) is 0 Å². The molecule has 9 rings (SSSR count). The Kier molecular flexibility index (Phi) is 128. The largest absolute Gasteiger partial charge is 0.0808 e. The minimum Gasteiger partial charge on any atom is -0.0808 e. The predicted molar refractivity (Wildman–Crippen MR) is 393 cm³/mol. The second-order valence-electron chi connectivity index (χ2n) is 15.4. The number of allylic oxidation sites excluding steroid dienone is 9. The van der Waals surface area contributed by atoms with Crippen molar-refractivity contribution in [2.24, 2.45) is 0 Å². The maximum atomic E-state index is 2.20. The van der Waals surface area contributed by atoms with Gasteiger partial charge in [-0.15, -0.1) is 0 Å². The van der Waals surface area contributed by atoms with Crippen LogP contribution in [0.2, 0.25) is 0 Å². The molecule has 0 nitrogen and oxygen atoms in total. The summed E-state index contributed by atoms with van der Waals surface area (Å²) < 4.78 is 0. The Labute approximate surface area is 512 Å². The van der Waals surface area contributed by atoms with Gasteiger partial charge >= 0.3 is 0 Å². The topological polar surface area (TPSA) is 0 Å². The molecule has 0 unspecified atom stereocenters. The second-order valence-corrected chi connectivity index (χ2v) is 15.4. The Balaban J connectivity index is -0.0000000745. The summed E-state index contributed by atoms with van der Waals surface area (Å²) in [6.45, 7) is 51.4. The molecule has 6 aromatic carbocycles. The Morgan fingerprint density at radius 2 is 0.506 bits per heavy atom. The van der Waals surface area contributed by atoms with E-state index >= 15 is 0 Å². The van der Waals surface area contributed by atoms with E-state index in [2.05, 4.69) is 295 Å². The van der Waals surface area contributed by atoms with Crippen molar-refractivity contribution in [1.82, 2.24) is 0 Å². The first kappa shape index (κ1) is 101. The summed E-state index contributed by atoms with van der Waals surface area (Å²) in [5, 5.41) is 2.62. The summed E-state index contributed by atoms with van der Waals surface area (Å²) in [5.41, 5.74) is 6.99. The summed E-state index contributed by atoms with van der Waals surface area (Å²) in [4.78, 5) is 0. The van der Waals surface area contributed by atoms with Crippen LogP contribution in [0.3, 0.4) is 0 Å². The fraction of sp³-hybridized carbons (Fsp3) is 0.457. The molecular formula is C81H140. The van der Waals surface area contributed by atoms with Crippen molar-refractivity contribution in [2.45, 2.75) is 252 Å². The standard InChI is InChI=1S/C13H12.C10H8.C9H8.C8H10.2C5H6.5C3H8.7C2H6.2CH4/c1-3-7-12(8-4-1)11-13-9-5-2-6-10-13;1-2-6-10-8-4-3-7-9(10)5-1;1-2-5-9-7-3-6-8(9)4-1;1-2-8-6-4-3-5-7-8;2*1-2-4-5-3-1;5*1-3-2;7*1-2;;/h1-10H,11H2;1-8H;1-6H,7H2;3-7H,2H2,1H3;2*1-4H,5H2;5*3H2,1-2H3;7*1-2H3;2*1H4. The van der Waals surface area contributed by atoms with Crippen molar-refractivity contribution in [1.29, 1.82) is 0 Å². The van der Waals surface area contributed by atoms with E-state index in [1.807, 2.05) is 103 Å². The summed E-state index contributed by atoms with van der Waals surface area (Å²) in [6.07, 6.45) is 32.9. The van der Waals surface area contributed by atoms with Gasteiger partial charge in [0.15, 0.2) is 0 Å². The average Bonchev–Trinajstić information content (AvgIpc) is 4.40. The van der Waals surface area contributed by atoms with Crippen LogP contribution in [-0.2, 0) is 19.3 Å². The van der Waals surface area contributed by atoms with Gasteiger partial charge in [-0.1, -0.05) is 445 Å². The fourth-order valence-electron chi connectivity index (χ4n) is 5.26. The molecule has 0 amide bonds. The number of fused-ring (bicyclic) bond motifs is 2. The Hall–Kier alpha value is -5.72. The van der Waals surface area contributed by atoms with E-state index in [1.54, 1.807) is 0 Å². The molecule has 0 aliphatic heterocycles. The van der Waals surface area contributed by atoms with Gasteiger partial charge in [-0.05, 0) is 70.7 Å². The van der Waals surface area contributed by atoms with Crippen LogP contribution >= 0.6 is 0 Å². The average molecular weight is 1110 g/mol. The lowest BCUT2D eigenvalue weighted by Crippen LogP contribution is -1.85. The lowest BCUT2D eigenvalue weighted by Gasteiger charge is -2.00. The lowest BCUT2D eigenvalue weighted by molar-refractivity contribution is 1.09. The van der Waals surface area contributed by atoms with Crippen LogP contribution in [0.5, 0.6) is 0 Å². The molecule has 0 saturated carbocycles. The molecule has 0 aromatic heterocycles. The van der Waals surface area contributed by atoms with Gasteiger partial charge in [-0.2, -0.15) is 0 Å². The van der Waals surface area contributed by atoms with Crippen LogP contribution in [-0.4, -0.2) is 0 Å². The number of aryl methyl sites for hydroxylation is 1. The van der Waals surface area contributed by atoms with E-state index in [9.17, 15) is 0 Å². The zero-order chi connectivity index (χ0) is 62.3. The molecule has 0 atom stereocenters. The monoisotopic (exact) mass is 1110 g/mol. The highest BCUT2D eigenvalue weighted by molar-refractivity contribution is 5.82. The summed E-state index contributed by atoms with van der Waals surface area (Å²) in [5.74, 6) is 0. The van der Waals surface area contributed by atoms with Gasteiger partial charge in [0, 0.05) is 0 Å². The van der Waals surface area contributed by atoms with Crippen molar-refractivity contribution in [3.05, 3.63) is 246 Å². The van der Waals surface area contributed by atoms with Gasteiger partial charge in [0.05, 0.1) is 0 Å². The number of hydrogen-bond acceptors (Lipinski definition) is 0. The first-order valence-corrected chi connectivity index (χ1v) is 31.8. The third-order valence-corrected chi connectivity index (χ3v) is 8.00. The van der Waals surface area contributed by atoms with Gasteiger partial charge in [0.2, 0.25) is 0 Å². The molecule has 0 heterocycles. The molecule has 3 aliphatic carbocycles. The van der Waals surface area contributed by atoms with Crippen LogP contribution in [0.25, 0.3) is 16.8 Å². The zero-order valence-corrected chi connectivity index (χ0v) is 56.9. The molecule has 81 heavy (non-hydrogen) atoms. The minimum atomic E-state index is 0. The van der Waals surface area contributed by atoms with Gasteiger partial charge in [0.25, 0.3) is 0 Å². The molecule has 0 saturated heterocycles. The van der Waals surface area contributed by atoms with Crippen LogP contribution in [0, 0.1) is 0 Å². The number of benzene rings is 6. The second kappa shape index (κ2) is 103. The van der Waals surface area contributed by atoms with E-state index in [0.717, 1.165) is 32.1 Å². The van der Waals surface area contributed by atoms with Crippen LogP contribution in [0.1, 0.15) is 261 Å². The van der Waals surface area contributed by atoms with Crippen molar-refractivity contribution in [2.75, 3.05) is 0 Å². The van der Waals surface area contributed by atoms with E-state index in [-0.39, 0.29) is 14.9 Å². The maximum Gasteiger partial charge on any atom is -0.00258 e. The van der Waals surface area contributed by atoms with Gasteiger partial charge in [-0.3, -0.25) is 0 Å². The van der Waals surface area contributed by atoms with Crippen molar-refractivity contribution < 1.29 is 0 Å². The van der Waals surface area contributed by atoms with Gasteiger partial charge in [0.1, 0.15) is 0 Å². The molecule has 464 valence electrons. The highest BCUT2D eigenvalue weighted by atomic mass is 14.1. The smallest absolute Gasteiger partial charge is 0.00258 e. The molecule has 0 heteroatoms. The molecule has 0 radical (unpaired) electrons. The Morgan fingerprint density at radius 3 is 0.728 bits per heavy atom. The minimum absolute atomic E-state index is 0. The van der Waals surface area contributed by atoms with Crippen molar-refractivity contribution in [3.63, 3.8) is 0 Å². The first-order chi connectivity index (χ1) is 38.9. The molecular weight excluding hydrogens is 973 g/mol. The Bertz CT molecular complexity index is 1840. The summed E-state index contributed by atoms with van der Waals surface area (Å²) in [6, 6.07) is 56.7. The fourth-order valence-corrected chi connectivity index (χ4v) is 5.26. The van der Waals surface area contributed by atoms with E-state index in [4.69, 9.17) is 0 Å². The highest BCUT2D eigenvalue weighted by Gasteiger charge is 2.00. The van der Waals surface area contributed by atoms with Crippen molar-refractivity contribution in [3.8, 4) is 0 Å². The van der Waals surface area contributed by atoms with Gasteiger partial charge in [-0.25, -0.2) is 0 Å². The molecule has 0 fully saturated rings. The van der Waals surface area contributed by atoms with Crippen LogP contribution < -0.4 is 0 Å². The third kappa shape index (κ3) is 80.9. The zero-order valence-electron chi connectivity index (χ0n) is 56.9.